The van der Waals surface area contributed by atoms with Gasteiger partial charge in [-0.05, 0) is 47.8 Å². The Hall–Kier alpha value is -0.0600. The van der Waals surface area contributed by atoms with Crippen LogP contribution in [0.1, 0.15) is 31.1 Å². The van der Waals surface area contributed by atoms with Gasteiger partial charge in [-0.15, -0.1) is 0 Å². The van der Waals surface area contributed by atoms with E-state index in [0.29, 0.717) is 10.2 Å². The van der Waals surface area contributed by atoms with Crippen LogP contribution in [-0.4, -0.2) is 11.2 Å². The Bertz CT molecular complexity index is 404. The zero-order chi connectivity index (χ0) is 11.2. The Balaban J connectivity index is 2.63. The van der Waals surface area contributed by atoms with Gasteiger partial charge in [0.1, 0.15) is 5.75 Å². The first kappa shape index (κ1) is 11.4. The predicted octanol–water partition coefficient (Wildman–Crippen LogP) is 3.94. The highest BCUT2D eigenvalue weighted by atomic mass is 79.9. The molecule has 1 aromatic rings. The summed E-state index contributed by atoms with van der Waals surface area (Å²) in [5.41, 5.74) is 2.05. The van der Waals surface area contributed by atoms with E-state index in [9.17, 15) is 5.11 Å². The standard InChI is InChI=1S/C11H12Br2O2/c1-5-3-7-8(12)4-9(13)11(14)10(7)6(2)15-5/h4-6,14H,3H2,1-2H3/t5-,6+/m0/s1. The Labute approximate surface area is 106 Å². The summed E-state index contributed by atoms with van der Waals surface area (Å²) in [5.74, 6) is 0.299. The van der Waals surface area contributed by atoms with Crippen LogP contribution >= 0.6 is 31.9 Å². The van der Waals surface area contributed by atoms with Gasteiger partial charge in [0.2, 0.25) is 0 Å². The summed E-state index contributed by atoms with van der Waals surface area (Å²) in [4.78, 5) is 0. The van der Waals surface area contributed by atoms with Crippen LogP contribution in [0, 0.1) is 0 Å². The first-order chi connectivity index (χ1) is 7.00. The van der Waals surface area contributed by atoms with Crippen molar-refractivity contribution in [2.45, 2.75) is 32.5 Å². The van der Waals surface area contributed by atoms with E-state index in [2.05, 4.69) is 31.9 Å². The fourth-order valence-electron chi connectivity index (χ4n) is 2.06. The lowest BCUT2D eigenvalue weighted by Gasteiger charge is -2.30. The van der Waals surface area contributed by atoms with Gasteiger partial charge in [0, 0.05) is 10.0 Å². The first-order valence-corrected chi connectivity index (χ1v) is 6.44. The van der Waals surface area contributed by atoms with Crippen LogP contribution in [0.4, 0.5) is 0 Å². The van der Waals surface area contributed by atoms with E-state index in [1.54, 1.807) is 0 Å². The molecule has 1 N–H and O–H groups in total. The molecule has 1 heterocycles. The Kier molecular flexibility index (Phi) is 3.10. The minimum absolute atomic E-state index is 0.0578. The fraction of sp³-hybridized carbons (Fsp3) is 0.455. The zero-order valence-electron chi connectivity index (χ0n) is 8.55. The van der Waals surface area contributed by atoms with Crippen molar-refractivity contribution >= 4 is 31.9 Å². The third-order valence-corrected chi connectivity index (χ3v) is 3.99. The summed E-state index contributed by atoms with van der Waals surface area (Å²) in [7, 11) is 0. The number of fused-ring (bicyclic) bond motifs is 1. The van der Waals surface area contributed by atoms with E-state index >= 15 is 0 Å². The summed E-state index contributed by atoms with van der Waals surface area (Å²) >= 11 is 6.86. The van der Waals surface area contributed by atoms with Gasteiger partial charge in [-0.1, -0.05) is 15.9 Å². The topological polar surface area (TPSA) is 29.5 Å². The second kappa shape index (κ2) is 4.07. The van der Waals surface area contributed by atoms with Crippen LogP contribution in [-0.2, 0) is 11.2 Å². The molecule has 82 valence electrons. The van der Waals surface area contributed by atoms with Crippen molar-refractivity contribution in [3.8, 4) is 5.75 Å². The van der Waals surface area contributed by atoms with Gasteiger partial charge in [-0.25, -0.2) is 0 Å². The zero-order valence-corrected chi connectivity index (χ0v) is 11.7. The molecule has 4 heteroatoms. The monoisotopic (exact) mass is 334 g/mol. The molecule has 0 saturated heterocycles. The second-order valence-electron chi connectivity index (χ2n) is 3.87. The lowest BCUT2D eigenvalue weighted by atomic mass is 9.94. The molecule has 15 heavy (non-hydrogen) atoms. The van der Waals surface area contributed by atoms with Crippen molar-refractivity contribution < 1.29 is 9.84 Å². The number of halogens is 2. The van der Waals surface area contributed by atoms with Crippen molar-refractivity contribution in [1.82, 2.24) is 0 Å². The minimum atomic E-state index is -0.0578. The molecule has 0 bridgehead atoms. The molecule has 0 saturated carbocycles. The molecule has 0 fully saturated rings. The number of phenolic OH excluding ortho intramolecular Hbond substituents is 1. The highest BCUT2D eigenvalue weighted by Gasteiger charge is 2.27. The first-order valence-electron chi connectivity index (χ1n) is 4.86. The molecule has 1 aliphatic rings. The van der Waals surface area contributed by atoms with E-state index in [0.717, 1.165) is 22.0 Å². The molecular weight excluding hydrogens is 324 g/mol. The maximum absolute atomic E-state index is 9.98. The highest BCUT2D eigenvalue weighted by molar-refractivity contribution is 9.11. The normalized spacial score (nSPS) is 25.1. The molecule has 0 radical (unpaired) electrons. The van der Waals surface area contributed by atoms with E-state index < -0.39 is 0 Å². The lowest BCUT2D eigenvalue weighted by molar-refractivity contribution is -0.00627. The van der Waals surface area contributed by atoms with Crippen LogP contribution in [0.15, 0.2) is 15.0 Å². The van der Waals surface area contributed by atoms with Crippen molar-refractivity contribution in [2.24, 2.45) is 0 Å². The van der Waals surface area contributed by atoms with Crippen LogP contribution in [0.25, 0.3) is 0 Å². The molecule has 2 nitrogen and oxygen atoms in total. The predicted molar refractivity (Wildman–Crippen MR) is 66.2 cm³/mol. The van der Waals surface area contributed by atoms with Gasteiger partial charge < -0.3 is 9.84 Å². The maximum Gasteiger partial charge on any atom is 0.135 e. The van der Waals surface area contributed by atoms with E-state index in [1.165, 1.54) is 0 Å². The fourth-order valence-corrected chi connectivity index (χ4v) is 3.42. The van der Waals surface area contributed by atoms with Crippen molar-refractivity contribution in [1.29, 1.82) is 0 Å². The quantitative estimate of drug-likeness (QED) is 0.778. The average Bonchev–Trinajstić information content (AvgIpc) is 2.13. The smallest absolute Gasteiger partial charge is 0.135 e. The van der Waals surface area contributed by atoms with E-state index in [4.69, 9.17) is 4.74 Å². The number of benzene rings is 1. The molecule has 0 spiro atoms. The van der Waals surface area contributed by atoms with Gasteiger partial charge in [-0.2, -0.15) is 0 Å². The molecule has 2 atom stereocenters. The second-order valence-corrected chi connectivity index (χ2v) is 5.58. The highest BCUT2D eigenvalue weighted by Crippen LogP contribution is 2.43. The number of aromatic hydroxyl groups is 1. The molecule has 0 unspecified atom stereocenters. The Morgan fingerprint density at radius 1 is 1.33 bits per heavy atom. The third-order valence-electron chi connectivity index (χ3n) is 2.68. The largest absolute Gasteiger partial charge is 0.506 e. The van der Waals surface area contributed by atoms with E-state index in [-0.39, 0.29) is 12.2 Å². The average molecular weight is 336 g/mol. The van der Waals surface area contributed by atoms with Gasteiger partial charge >= 0.3 is 0 Å². The molecular formula is C11H12Br2O2. The summed E-state index contributed by atoms with van der Waals surface area (Å²) in [6.07, 6.45) is 0.975. The summed E-state index contributed by atoms with van der Waals surface area (Å²) < 4.78 is 7.44. The van der Waals surface area contributed by atoms with Gasteiger partial charge in [0.25, 0.3) is 0 Å². The van der Waals surface area contributed by atoms with Crippen molar-refractivity contribution in [3.05, 3.63) is 26.1 Å². The van der Waals surface area contributed by atoms with Crippen LogP contribution in [0.3, 0.4) is 0 Å². The summed E-state index contributed by atoms with van der Waals surface area (Å²) in [6.45, 7) is 4.01. The summed E-state index contributed by atoms with van der Waals surface area (Å²) in [6, 6.07) is 1.89. The number of ether oxygens (including phenoxy) is 1. The molecule has 0 aromatic heterocycles. The van der Waals surface area contributed by atoms with Gasteiger partial charge in [0.05, 0.1) is 16.7 Å². The maximum atomic E-state index is 9.98. The van der Waals surface area contributed by atoms with Crippen molar-refractivity contribution in [2.75, 3.05) is 0 Å². The van der Waals surface area contributed by atoms with Crippen LogP contribution in [0.5, 0.6) is 5.75 Å². The molecule has 1 aromatic carbocycles. The van der Waals surface area contributed by atoms with E-state index in [1.807, 2.05) is 19.9 Å². The molecule has 0 amide bonds. The SMILES string of the molecule is C[C@H]1Cc2c(Br)cc(Br)c(O)c2[C@@H](C)O1. The third kappa shape index (κ3) is 1.95. The summed E-state index contributed by atoms with van der Waals surface area (Å²) in [5, 5.41) is 9.98. The number of hydrogen-bond acceptors (Lipinski definition) is 2. The number of phenols is 1. The van der Waals surface area contributed by atoms with Gasteiger partial charge in [0.15, 0.2) is 0 Å². The van der Waals surface area contributed by atoms with Crippen LogP contribution < -0.4 is 0 Å². The molecule has 1 aliphatic heterocycles. The Morgan fingerprint density at radius 3 is 2.67 bits per heavy atom. The molecule has 2 rings (SSSR count). The Morgan fingerprint density at radius 2 is 2.00 bits per heavy atom. The van der Waals surface area contributed by atoms with Crippen LogP contribution in [0.2, 0.25) is 0 Å². The molecule has 0 aliphatic carbocycles. The lowest BCUT2D eigenvalue weighted by Crippen LogP contribution is -2.22. The number of hydrogen-bond donors (Lipinski definition) is 1. The number of rotatable bonds is 0. The minimum Gasteiger partial charge on any atom is -0.506 e. The van der Waals surface area contributed by atoms with Crippen molar-refractivity contribution in [3.63, 3.8) is 0 Å². The van der Waals surface area contributed by atoms with Gasteiger partial charge in [-0.3, -0.25) is 0 Å².